The molecule has 1 aliphatic rings. The average Bonchev–Trinajstić information content (AvgIpc) is 2.44. The number of likely N-dealkylation sites (tertiary alicyclic amines) is 1. The number of aliphatic hydroxyl groups excluding tert-OH is 1. The first-order valence-corrected chi connectivity index (χ1v) is 6.68. The molecule has 2 N–H and O–H groups in total. The Hall–Kier alpha value is -0.120. The Morgan fingerprint density at radius 2 is 2.12 bits per heavy atom. The summed E-state index contributed by atoms with van der Waals surface area (Å²) in [5, 5.41) is 12.9. The standard InChI is InChI=1S/C13H28N2O/c1-4-14-13(3,11-16)10-15-8-5-6-12(2)7-9-15/h12,14,16H,4-11H2,1-3H3. The summed E-state index contributed by atoms with van der Waals surface area (Å²) in [6.45, 7) is 11.0. The molecule has 96 valence electrons. The molecule has 0 radical (unpaired) electrons. The molecule has 1 saturated heterocycles. The van der Waals surface area contributed by atoms with Crippen molar-refractivity contribution in [1.82, 2.24) is 10.2 Å². The van der Waals surface area contributed by atoms with Gasteiger partial charge in [0.15, 0.2) is 0 Å². The fourth-order valence-corrected chi connectivity index (χ4v) is 2.56. The molecule has 0 aliphatic carbocycles. The van der Waals surface area contributed by atoms with Gasteiger partial charge in [0.2, 0.25) is 0 Å². The quantitative estimate of drug-likeness (QED) is 0.748. The maximum absolute atomic E-state index is 9.48. The maximum atomic E-state index is 9.48. The van der Waals surface area contributed by atoms with Crippen LogP contribution in [0.2, 0.25) is 0 Å². The fourth-order valence-electron chi connectivity index (χ4n) is 2.56. The Kier molecular flexibility index (Phi) is 5.73. The van der Waals surface area contributed by atoms with Crippen LogP contribution in [0, 0.1) is 5.92 Å². The Bertz CT molecular complexity index is 198. The van der Waals surface area contributed by atoms with E-state index >= 15 is 0 Å². The first kappa shape index (κ1) is 13.9. The van der Waals surface area contributed by atoms with Gasteiger partial charge < -0.3 is 15.3 Å². The highest BCUT2D eigenvalue weighted by Gasteiger charge is 2.26. The van der Waals surface area contributed by atoms with Gasteiger partial charge in [-0.2, -0.15) is 0 Å². The van der Waals surface area contributed by atoms with Crippen molar-refractivity contribution >= 4 is 0 Å². The summed E-state index contributed by atoms with van der Waals surface area (Å²) < 4.78 is 0. The van der Waals surface area contributed by atoms with Crippen LogP contribution < -0.4 is 5.32 Å². The molecule has 0 aromatic carbocycles. The smallest absolute Gasteiger partial charge is 0.0623 e. The Morgan fingerprint density at radius 1 is 1.38 bits per heavy atom. The van der Waals surface area contributed by atoms with Crippen molar-refractivity contribution in [2.45, 2.75) is 45.6 Å². The lowest BCUT2D eigenvalue weighted by Crippen LogP contribution is -2.54. The Balaban J connectivity index is 2.44. The summed E-state index contributed by atoms with van der Waals surface area (Å²) >= 11 is 0. The van der Waals surface area contributed by atoms with Crippen LogP contribution in [0.25, 0.3) is 0 Å². The molecule has 3 nitrogen and oxygen atoms in total. The molecule has 1 fully saturated rings. The third-order valence-corrected chi connectivity index (χ3v) is 3.63. The molecular weight excluding hydrogens is 200 g/mol. The summed E-state index contributed by atoms with van der Waals surface area (Å²) in [7, 11) is 0. The molecule has 16 heavy (non-hydrogen) atoms. The van der Waals surface area contributed by atoms with Gasteiger partial charge in [0, 0.05) is 6.54 Å². The molecule has 1 rings (SSSR count). The van der Waals surface area contributed by atoms with Gasteiger partial charge >= 0.3 is 0 Å². The summed E-state index contributed by atoms with van der Waals surface area (Å²) in [6.07, 6.45) is 3.95. The second-order valence-electron chi connectivity index (χ2n) is 5.56. The van der Waals surface area contributed by atoms with Crippen molar-refractivity contribution in [2.75, 3.05) is 32.8 Å². The van der Waals surface area contributed by atoms with Crippen molar-refractivity contribution in [1.29, 1.82) is 0 Å². The van der Waals surface area contributed by atoms with Crippen molar-refractivity contribution in [2.24, 2.45) is 5.92 Å². The summed E-state index contributed by atoms with van der Waals surface area (Å²) in [4.78, 5) is 2.50. The van der Waals surface area contributed by atoms with Crippen LogP contribution in [0.1, 0.15) is 40.0 Å². The molecule has 2 unspecified atom stereocenters. The zero-order valence-electron chi connectivity index (χ0n) is 11.1. The number of hydrogen-bond acceptors (Lipinski definition) is 3. The molecule has 1 heterocycles. The van der Waals surface area contributed by atoms with E-state index in [1.54, 1.807) is 0 Å². The number of nitrogens with zero attached hydrogens (tertiary/aromatic N) is 1. The normalized spacial score (nSPS) is 27.4. The summed E-state index contributed by atoms with van der Waals surface area (Å²) in [5.41, 5.74) is -0.137. The topological polar surface area (TPSA) is 35.5 Å². The third kappa shape index (κ3) is 4.40. The van der Waals surface area contributed by atoms with Crippen LogP contribution in [0.4, 0.5) is 0 Å². The van der Waals surface area contributed by atoms with Gasteiger partial charge in [-0.15, -0.1) is 0 Å². The number of hydrogen-bond donors (Lipinski definition) is 2. The molecule has 0 spiro atoms. The van der Waals surface area contributed by atoms with Crippen LogP contribution in [0.15, 0.2) is 0 Å². The monoisotopic (exact) mass is 228 g/mol. The first-order chi connectivity index (χ1) is 7.59. The van der Waals surface area contributed by atoms with Crippen molar-refractivity contribution < 1.29 is 5.11 Å². The zero-order valence-corrected chi connectivity index (χ0v) is 11.1. The molecule has 0 bridgehead atoms. The van der Waals surface area contributed by atoms with Gasteiger partial charge in [-0.25, -0.2) is 0 Å². The van der Waals surface area contributed by atoms with Crippen molar-refractivity contribution in [3.05, 3.63) is 0 Å². The molecule has 0 saturated carbocycles. The first-order valence-electron chi connectivity index (χ1n) is 6.68. The SMILES string of the molecule is CCNC(C)(CO)CN1CCCC(C)CC1. The van der Waals surface area contributed by atoms with Crippen LogP contribution in [-0.2, 0) is 0 Å². The van der Waals surface area contributed by atoms with E-state index in [1.807, 2.05) is 0 Å². The minimum atomic E-state index is -0.137. The van der Waals surface area contributed by atoms with Crippen molar-refractivity contribution in [3.8, 4) is 0 Å². The molecule has 0 aromatic rings. The van der Waals surface area contributed by atoms with E-state index in [-0.39, 0.29) is 12.1 Å². The van der Waals surface area contributed by atoms with Gasteiger partial charge in [-0.1, -0.05) is 13.8 Å². The van der Waals surface area contributed by atoms with Gasteiger partial charge in [0.05, 0.1) is 12.1 Å². The number of rotatable bonds is 5. The van der Waals surface area contributed by atoms with Gasteiger partial charge in [-0.3, -0.25) is 0 Å². The molecule has 3 heteroatoms. The predicted octanol–water partition coefficient (Wildman–Crippen LogP) is 1.47. The molecule has 2 atom stereocenters. The fraction of sp³-hybridized carbons (Fsp3) is 1.00. The minimum Gasteiger partial charge on any atom is -0.394 e. The van der Waals surface area contributed by atoms with Crippen LogP contribution >= 0.6 is 0 Å². The minimum absolute atomic E-state index is 0.137. The highest BCUT2D eigenvalue weighted by Crippen LogP contribution is 2.18. The Morgan fingerprint density at radius 3 is 2.75 bits per heavy atom. The highest BCUT2D eigenvalue weighted by molar-refractivity contribution is 4.86. The van der Waals surface area contributed by atoms with Crippen LogP contribution in [-0.4, -0.2) is 48.3 Å². The lowest BCUT2D eigenvalue weighted by molar-refractivity contribution is 0.122. The number of aliphatic hydroxyl groups is 1. The summed E-state index contributed by atoms with van der Waals surface area (Å²) in [6, 6.07) is 0. The van der Waals surface area contributed by atoms with Gasteiger partial charge in [0.1, 0.15) is 0 Å². The lowest BCUT2D eigenvalue weighted by Gasteiger charge is -2.34. The predicted molar refractivity (Wildman–Crippen MR) is 68.6 cm³/mol. The highest BCUT2D eigenvalue weighted by atomic mass is 16.3. The lowest BCUT2D eigenvalue weighted by atomic mass is 10.0. The van der Waals surface area contributed by atoms with E-state index < -0.39 is 0 Å². The van der Waals surface area contributed by atoms with E-state index in [0.29, 0.717) is 0 Å². The molecule has 1 aliphatic heterocycles. The summed E-state index contributed by atoms with van der Waals surface area (Å²) in [5.74, 6) is 0.865. The average molecular weight is 228 g/mol. The van der Waals surface area contributed by atoms with Gasteiger partial charge in [-0.05, 0) is 51.7 Å². The number of likely N-dealkylation sites (N-methyl/N-ethyl adjacent to an activating group) is 1. The zero-order chi connectivity index (χ0) is 12.0. The third-order valence-electron chi connectivity index (χ3n) is 3.63. The Labute approximate surface area is 100 Å². The second kappa shape index (κ2) is 6.58. The molecule has 0 amide bonds. The maximum Gasteiger partial charge on any atom is 0.0623 e. The van der Waals surface area contributed by atoms with E-state index in [1.165, 1.54) is 32.4 Å². The molecular formula is C13H28N2O. The van der Waals surface area contributed by atoms with E-state index in [9.17, 15) is 5.11 Å². The van der Waals surface area contributed by atoms with Gasteiger partial charge in [0.25, 0.3) is 0 Å². The van der Waals surface area contributed by atoms with E-state index in [0.717, 1.165) is 19.0 Å². The molecule has 0 aromatic heterocycles. The van der Waals surface area contributed by atoms with Crippen LogP contribution in [0.5, 0.6) is 0 Å². The van der Waals surface area contributed by atoms with E-state index in [2.05, 4.69) is 31.0 Å². The van der Waals surface area contributed by atoms with E-state index in [4.69, 9.17) is 0 Å². The largest absolute Gasteiger partial charge is 0.394 e. The number of nitrogens with one attached hydrogen (secondary N) is 1. The van der Waals surface area contributed by atoms with Crippen molar-refractivity contribution in [3.63, 3.8) is 0 Å². The second-order valence-corrected chi connectivity index (χ2v) is 5.56. The van der Waals surface area contributed by atoms with Crippen LogP contribution in [0.3, 0.4) is 0 Å².